The Balaban J connectivity index is 1.74. The van der Waals surface area contributed by atoms with Gasteiger partial charge in [0.25, 0.3) is 0 Å². The quantitative estimate of drug-likeness (QED) is 0.611. The lowest BCUT2D eigenvalue weighted by Gasteiger charge is -2.37. The van der Waals surface area contributed by atoms with Crippen LogP contribution in [0, 0.1) is 0 Å². The molecule has 1 aromatic heterocycles. The summed E-state index contributed by atoms with van der Waals surface area (Å²) in [6, 6.07) is 5.07. The van der Waals surface area contributed by atoms with E-state index in [9.17, 15) is 18.0 Å². The number of hydrogen-bond acceptors (Lipinski definition) is 7. The number of aromatic nitrogens is 2. The van der Waals surface area contributed by atoms with Crippen molar-refractivity contribution in [2.45, 2.75) is 32.5 Å². The molecular weight excluding hydrogens is 463 g/mol. The number of anilines is 3. The van der Waals surface area contributed by atoms with Crippen molar-refractivity contribution in [2.24, 2.45) is 0 Å². The molecule has 1 aromatic carbocycles. The van der Waals surface area contributed by atoms with Gasteiger partial charge in [-0.05, 0) is 44.5 Å². The Labute approximate surface area is 194 Å². The zero-order valence-electron chi connectivity index (χ0n) is 18.7. The predicted molar refractivity (Wildman–Crippen MR) is 118 cm³/mol. The third-order valence-electron chi connectivity index (χ3n) is 4.80. The summed E-state index contributed by atoms with van der Waals surface area (Å²) in [7, 11) is 1.42. The van der Waals surface area contributed by atoms with E-state index in [1.165, 1.54) is 7.11 Å². The van der Waals surface area contributed by atoms with Gasteiger partial charge in [0.1, 0.15) is 22.7 Å². The first-order chi connectivity index (χ1) is 15.4. The molecule has 33 heavy (non-hydrogen) atoms. The van der Waals surface area contributed by atoms with Crippen molar-refractivity contribution < 1.29 is 27.4 Å². The summed E-state index contributed by atoms with van der Waals surface area (Å²) in [6.07, 6.45) is -4.39. The smallest absolute Gasteiger partial charge is 0.421 e. The van der Waals surface area contributed by atoms with Gasteiger partial charge in [-0.3, -0.25) is 0 Å². The van der Waals surface area contributed by atoms with E-state index >= 15 is 0 Å². The number of alkyl halides is 3. The minimum atomic E-state index is -4.66. The molecule has 0 spiro atoms. The Morgan fingerprint density at radius 3 is 2.39 bits per heavy atom. The molecule has 1 aliphatic rings. The van der Waals surface area contributed by atoms with Crippen molar-refractivity contribution in [1.29, 1.82) is 0 Å². The van der Waals surface area contributed by atoms with Gasteiger partial charge in [0.05, 0.1) is 12.8 Å². The van der Waals surface area contributed by atoms with E-state index in [4.69, 9.17) is 21.1 Å². The number of carbonyl (C=O) groups excluding carboxylic acids is 1. The van der Waals surface area contributed by atoms with Crippen LogP contribution < -0.4 is 15.0 Å². The summed E-state index contributed by atoms with van der Waals surface area (Å²) in [5, 5.41) is 2.33. The van der Waals surface area contributed by atoms with E-state index < -0.39 is 23.2 Å². The van der Waals surface area contributed by atoms with Gasteiger partial charge in [-0.1, -0.05) is 0 Å². The Morgan fingerprint density at radius 1 is 1.15 bits per heavy atom. The molecule has 0 aliphatic carbocycles. The van der Waals surface area contributed by atoms with Gasteiger partial charge in [0, 0.05) is 44.1 Å². The largest absolute Gasteiger partial charge is 0.494 e. The van der Waals surface area contributed by atoms with E-state index in [2.05, 4.69) is 20.2 Å². The van der Waals surface area contributed by atoms with Crippen LogP contribution in [0.25, 0.3) is 0 Å². The maximum absolute atomic E-state index is 13.3. The number of piperazine rings is 1. The molecule has 1 fully saturated rings. The topological polar surface area (TPSA) is 79.8 Å². The fourth-order valence-electron chi connectivity index (χ4n) is 3.24. The lowest BCUT2D eigenvalue weighted by Crippen LogP contribution is -2.50. The Hall–Kier alpha value is -2.95. The van der Waals surface area contributed by atoms with Crippen LogP contribution in [0.5, 0.6) is 5.75 Å². The maximum Gasteiger partial charge on any atom is 0.421 e. The molecule has 0 unspecified atom stereocenters. The molecule has 0 radical (unpaired) electrons. The van der Waals surface area contributed by atoms with E-state index in [-0.39, 0.29) is 17.1 Å². The standard InChI is InChI=1S/C21H25ClF3N5O3/c1-20(2,3)33-19(31)30-9-7-29(8-10-30)13-5-6-15(16(11-13)32-4)27-17-14(21(23,24)25)12-26-18(22)28-17/h5-6,11-12H,7-10H2,1-4H3,(H,26,27,28). The summed E-state index contributed by atoms with van der Waals surface area (Å²) in [5.41, 5.74) is -0.521. The molecule has 2 heterocycles. The first-order valence-electron chi connectivity index (χ1n) is 10.1. The van der Waals surface area contributed by atoms with Crippen molar-refractivity contribution in [3.63, 3.8) is 0 Å². The molecule has 0 bridgehead atoms. The van der Waals surface area contributed by atoms with E-state index in [0.717, 1.165) is 5.69 Å². The fraction of sp³-hybridized carbons (Fsp3) is 0.476. The summed E-state index contributed by atoms with van der Waals surface area (Å²) in [5.74, 6) is -0.149. The highest BCUT2D eigenvalue weighted by atomic mass is 35.5. The van der Waals surface area contributed by atoms with E-state index in [1.54, 1.807) is 23.1 Å². The first-order valence-corrected chi connectivity index (χ1v) is 10.5. The van der Waals surface area contributed by atoms with Gasteiger partial charge in [-0.15, -0.1) is 0 Å². The zero-order valence-corrected chi connectivity index (χ0v) is 19.4. The number of carbonyl (C=O) groups is 1. The summed E-state index contributed by atoms with van der Waals surface area (Å²) in [6.45, 7) is 7.53. The van der Waals surface area contributed by atoms with Crippen LogP contribution in [0.1, 0.15) is 26.3 Å². The molecule has 2 aromatic rings. The average Bonchev–Trinajstić information content (AvgIpc) is 2.72. The molecule has 1 saturated heterocycles. The van der Waals surface area contributed by atoms with Crippen molar-refractivity contribution in [2.75, 3.05) is 43.5 Å². The highest BCUT2D eigenvalue weighted by molar-refractivity contribution is 6.28. The number of ether oxygens (including phenoxy) is 2. The monoisotopic (exact) mass is 487 g/mol. The number of amides is 1. The summed E-state index contributed by atoms with van der Waals surface area (Å²) < 4.78 is 50.7. The molecule has 1 amide bonds. The van der Waals surface area contributed by atoms with Crippen LogP contribution in [-0.2, 0) is 10.9 Å². The number of nitrogens with one attached hydrogen (secondary N) is 1. The zero-order chi connectivity index (χ0) is 24.4. The lowest BCUT2D eigenvalue weighted by molar-refractivity contribution is -0.137. The molecular formula is C21H25ClF3N5O3. The number of methoxy groups -OCH3 is 1. The van der Waals surface area contributed by atoms with Crippen LogP contribution in [0.2, 0.25) is 5.28 Å². The highest BCUT2D eigenvalue weighted by Crippen LogP contribution is 2.38. The number of nitrogens with zero attached hydrogens (tertiary/aromatic N) is 4. The molecule has 1 aliphatic heterocycles. The van der Waals surface area contributed by atoms with Gasteiger partial charge in [0.15, 0.2) is 0 Å². The first kappa shape index (κ1) is 24.7. The van der Waals surface area contributed by atoms with Crippen molar-refractivity contribution in [3.8, 4) is 5.75 Å². The van der Waals surface area contributed by atoms with Gasteiger partial charge in [-0.2, -0.15) is 18.2 Å². The third kappa shape index (κ3) is 6.31. The molecule has 180 valence electrons. The van der Waals surface area contributed by atoms with Crippen LogP contribution in [0.15, 0.2) is 24.4 Å². The SMILES string of the molecule is COc1cc(N2CCN(C(=O)OC(C)(C)C)CC2)ccc1Nc1nc(Cl)ncc1C(F)(F)F. The maximum atomic E-state index is 13.3. The van der Waals surface area contributed by atoms with Crippen molar-refractivity contribution >= 4 is 34.9 Å². The van der Waals surface area contributed by atoms with Crippen LogP contribution in [0.4, 0.5) is 35.2 Å². The molecule has 0 atom stereocenters. The van der Waals surface area contributed by atoms with E-state index in [1.807, 2.05) is 20.8 Å². The molecule has 0 saturated carbocycles. The highest BCUT2D eigenvalue weighted by Gasteiger charge is 2.35. The fourth-order valence-corrected chi connectivity index (χ4v) is 3.38. The lowest BCUT2D eigenvalue weighted by atomic mass is 10.2. The number of rotatable bonds is 4. The van der Waals surface area contributed by atoms with Gasteiger partial charge in [0.2, 0.25) is 5.28 Å². The molecule has 12 heteroatoms. The minimum absolute atomic E-state index is 0.286. The van der Waals surface area contributed by atoms with Gasteiger partial charge < -0.3 is 24.6 Å². The summed E-state index contributed by atoms with van der Waals surface area (Å²) in [4.78, 5) is 23.1. The summed E-state index contributed by atoms with van der Waals surface area (Å²) >= 11 is 5.70. The minimum Gasteiger partial charge on any atom is -0.494 e. The third-order valence-corrected chi connectivity index (χ3v) is 4.98. The number of halogens is 4. The van der Waals surface area contributed by atoms with Crippen LogP contribution in [0.3, 0.4) is 0 Å². The van der Waals surface area contributed by atoms with E-state index in [0.29, 0.717) is 38.1 Å². The number of benzene rings is 1. The predicted octanol–water partition coefficient (Wildman–Crippen LogP) is 4.96. The Morgan fingerprint density at radius 2 is 1.82 bits per heavy atom. The van der Waals surface area contributed by atoms with Crippen LogP contribution in [-0.4, -0.2) is 59.9 Å². The molecule has 1 N–H and O–H groups in total. The van der Waals surface area contributed by atoms with Crippen molar-refractivity contribution in [3.05, 3.63) is 35.2 Å². The normalized spacial score (nSPS) is 14.8. The second-order valence-electron chi connectivity index (χ2n) is 8.36. The second-order valence-corrected chi connectivity index (χ2v) is 8.70. The average molecular weight is 488 g/mol. The van der Waals surface area contributed by atoms with Crippen molar-refractivity contribution in [1.82, 2.24) is 14.9 Å². The second kappa shape index (κ2) is 9.50. The van der Waals surface area contributed by atoms with Gasteiger partial charge >= 0.3 is 12.3 Å². The number of hydrogen-bond donors (Lipinski definition) is 1. The molecule has 3 rings (SSSR count). The van der Waals surface area contributed by atoms with Gasteiger partial charge in [-0.25, -0.2) is 9.78 Å². The molecule has 8 nitrogen and oxygen atoms in total. The van der Waals surface area contributed by atoms with Crippen LogP contribution >= 0.6 is 11.6 Å². The Bertz CT molecular complexity index is 1010. The Kier molecular flexibility index (Phi) is 7.11.